The third-order valence-electron chi connectivity index (χ3n) is 3.12. The third kappa shape index (κ3) is 1.77. The monoisotopic (exact) mass is 265 g/mol. The molecule has 0 saturated carbocycles. The molecule has 2 N–H and O–H groups in total. The molecule has 0 aliphatic heterocycles. The van der Waals surface area contributed by atoms with E-state index >= 15 is 0 Å². The Labute approximate surface area is 114 Å². The highest BCUT2D eigenvalue weighted by Crippen LogP contribution is 2.27. The number of nitrogens with zero attached hydrogens (tertiary/aromatic N) is 1. The number of fused-ring (bicyclic) bond motifs is 1. The van der Waals surface area contributed by atoms with Crippen LogP contribution in [0.25, 0.3) is 33.1 Å². The van der Waals surface area contributed by atoms with Gasteiger partial charge in [-0.3, -0.25) is 0 Å². The minimum Gasteiger partial charge on any atom is -0.351 e. The molecule has 0 aliphatic rings. The molecule has 0 amide bonds. The average molecular weight is 265 g/mol. The van der Waals surface area contributed by atoms with Crippen LogP contribution >= 0.6 is 11.3 Å². The molecular formula is C15H11N3S. The van der Waals surface area contributed by atoms with Gasteiger partial charge in [-0.25, -0.2) is 4.98 Å². The van der Waals surface area contributed by atoms with Crippen molar-refractivity contribution in [3.63, 3.8) is 0 Å². The highest BCUT2D eigenvalue weighted by atomic mass is 32.1. The standard InChI is InChI=1S/C15H11N3S/c1-2-5-11-10(4-1)17-15(18-11)13-8-7-12(16-13)14-6-3-9-19-14/h1-9,16H,(H,17,18). The quantitative estimate of drug-likeness (QED) is 0.558. The van der Waals surface area contributed by atoms with E-state index in [-0.39, 0.29) is 0 Å². The molecule has 3 nitrogen and oxygen atoms in total. The maximum absolute atomic E-state index is 4.59. The van der Waals surface area contributed by atoms with Crippen molar-refractivity contribution in [2.24, 2.45) is 0 Å². The zero-order chi connectivity index (χ0) is 12.7. The SMILES string of the molecule is c1csc(-c2ccc(-c3nc4ccccc4[nH]3)[nH]2)c1. The van der Waals surface area contributed by atoms with E-state index in [1.807, 2.05) is 24.3 Å². The van der Waals surface area contributed by atoms with Gasteiger partial charge in [0.2, 0.25) is 0 Å². The topological polar surface area (TPSA) is 44.5 Å². The first kappa shape index (κ1) is 10.6. The number of aromatic amines is 2. The second-order valence-corrected chi connectivity index (χ2v) is 5.31. The molecular weight excluding hydrogens is 254 g/mol. The lowest BCUT2D eigenvalue weighted by Gasteiger charge is -1.92. The van der Waals surface area contributed by atoms with Gasteiger partial charge in [-0.05, 0) is 35.7 Å². The number of thiophene rings is 1. The highest BCUT2D eigenvalue weighted by molar-refractivity contribution is 7.13. The summed E-state index contributed by atoms with van der Waals surface area (Å²) < 4.78 is 0. The van der Waals surface area contributed by atoms with E-state index in [1.54, 1.807) is 11.3 Å². The van der Waals surface area contributed by atoms with E-state index < -0.39 is 0 Å². The van der Waals surface area contributed by atoms with Gasteiger partial charge in [0, 0.05) is 0 Å². The van der Waals surface area contributed by atoms with Gasteiger partial charge in [-0.2, -0.15) is 0 Å². The number of aromatic nitrogens is 3. The molecule has 0 bridgehead atoms. The molecule has 1 aromatic carbocycles. The van der Waals surface area contributed by atoms with Crippen molar-refractivity contribution in [3.05, 3.63) is 53.9 Å². The van der Waals surface area contributed by atoms with Crippen LogP contribution in [0.5, 0.6) is 0 Å². The van der Waals surface area contributed by atoms with Crippen molar-refractivity contribution in [2.75, 3.05) is 0 Å². The van der Waals surface area contributed by atoms with Gasteiger partial charge in [0.05, 0.1) is 27.3 Å². The number of nitrogens with one attached hydrogen (secondary N) is 2. The van der Waals surface area contributed by atoms with Crippen molar-refractivity contribution in [3.8, 4) is 22.1 Å². The second kappa shape index (κ2) is 4.10. The number of hydrogen-bond acceptors (Lipinski definition) is 2. The van der Waals surface area contributed by atoms with Gasteiger partial charge in [0.25, 0.3) is 0 Å². The van der Waals surface area contributed by atoms with Gasteiger partial charge in [-0.15, -0.1) is 11.3 Å². The molecule has 92 valence electrons. The summed E-state index contributed by atoms with van der Waals surface area (Å²) in [6, 6.07) is 16.4. The minimum absolute atomic E-state index is 0.879. The lowest BCUT2D eigenvalue weighted by atomic mass is 10.3. The molecule has 4 rings (SSSR count). The fraction of sp³-hybridized carbons (Fsp3) is 0. The summed E-state index contributed by atoms with van der Waals surface area (Å²) in [5.41, 5.74) is 4.19. The van der Waals surface area contributed by atoms with Crippen LogP contribution in [0, 0.1) is 0 Å². The Morgan fingerprint density at radius 2 is 1.74 bits per heavy atom. The van der Waals surface area contributed by atoms with Crippen molar-refractivity contribution in [1.29, 1.82) is 0 Å². The molecule has 0 atom stereocenters. The van der Waals surface area contributed by atoms with Crippen molar-refractivity contribution in [1.82, 2.24) is 15.0 Å². The number of benzene rings is 1. The van der Waals surface area contributed by atoms with E-state index in [2.05, 4.69) is 44.6 Å². The van der Waals surface area contributed by atoms with Gasteiger partial charge < -0.3 is 9.97 Å². The summed E-state index contributed by atoms with van der Waals surface area (Å²) >= 11 is 1.73. The molecule has 4 aromatic rings. The van der Waals surface area contributed by atoms with Gasteiger partial charge in [0.1, 0.15) is 0 Å². The van der Waals surface area contributed by atoms with E-state index in [9.17, 15) is 0 Å². The Kier molecular flexibility index (Phi) is 2.28. The molecule has 0 saturated heterocycles. The predicted octanol–water partition coefficient (Wildman–Crippen LogP) is 4.29. The number of imidazole rings is 1. The minimum atomic E-state index is 0.879. The zero-order valence-electron chi connectivity index (χ0n) is 10.1. The van der Waals surface area contributed by atoms with Crippen molar-refractivity contribution >= 4 is 22.4 Å². The van der Waals surface area contributed by atoms with Crippen LogP contribution < -0.4 is 0 Å². The fourth-order valence-corrected chi connectivity index (χ4v) is 2.90. The summed E-state index contributed by atoms with van der Waals surface area (Å²) in [5.74, 6) is 0.879. The zero-order valence-corrected chi connectivity index (χ0v) is 10.9. The number of hydrogen-bond donors (Lipinski definition) is 2. The third-order valence-corrected chi connectivity index (χ3v) is 4.02. The van der Waals surface area contributed by atoms with Crippen LogP contribution in [-0.2, 0) is 0 Å². The van der Waals surface area contributed by atoms with Crippen LogP contribution in [-0.4, -0.2) is 15.0 Å². The summed E-state index contributed by atoms with van der Waals surface area (Å²) in [6.45, 7) is 0. The number of rotatable bonds is 2. The Morgan fingerprint density at radius 3 is 2.58 bits per heavy atom. The van der Waals surface area contributed by atoms with E-state index in [0.717, 1.165) is 28.2 Å². The molecule has 0 aliphatic carbocycles. The predicted molar refractivity (Wildman–Crippen MR) is 79.2 cm³/mol. The van der Waals surface area contributed by atoms with Gasteiger partial charge in [-0.1, -0.05) is 18.2 Å². The first-order valence-corrected chi connectivity index (χ1v) is 6.96. The number of para-hydroxylation sites is 2. The summed E-state index contributed by atoms with van der Waals surface area (Å²) in [4.78, 5) is 12.6. The molecule has 0 fully saturated rings. The molecule has 3 heterocycles. The Bertz CT molecular complexity index is 791. The maximum Gasteiger partial charge on any atom is 0.154 e. The molecule has 0 spiro atoms. The lowest BCUT2D eigenvalue weighted by molar-refractivity contribution is 1.28. The molecule has 3 aromatic heterocycles. The van der Waals surface area contributed by atoms with Crippen LogP contribution in [0.15, 0.2) is 53.9 Å². The Morgan fingerprint density at radius 1 is 0.842 bits per heavy atom. The number of H-pyrrole nitrogens is 2. The molecule has 4 heteroatoms. The highest BCUT2D eigenvalue weighted by Gasteiger charge is 2.08. The van der Waals surface area contributed by atoms with Crippen LogP contribution in [0.2, 0.25) is 0 Å². The maximum atomic E-state index is 4.59. The average Bonchev–Trinajstić information content (AvgIpc) is 3.17. The largest absolute Gasteiger partial charge is 0.351 e. The summed E-state index contributed by atoms with van der Waals surface area (Å²) in [5, 5.41) is 2.08. The van der Waals surface area contributed by atoms with Crippen LogP contribution in [0.4, 0.5) is 0 Å². The Hall–Kier alpha value is -2.33. The second-order valence-electron chi connectivity index (χ2n) is 4.37. The molecule has 19 heavy (non-hydrogen) atoms. The summed E-state index contributed by atoms with van der Waals surface area (Å²) in [7, 11) is 0. The van der Waals surface area contributed by atoms with Crippen LogP contribution in [0.1, 0.15) is 0 Å². The molecule has 0 radical (unpaired) electrons. The van der Waals surface area contributed by atoms with Gasteiger partial charge >= 0.3 is 0 Å². The van der Waals surface area contributed by atoms with E-state index in [0.29, 0.717) is 0 Å². The van der Waals surface area contributed by atoms with E-state index in [1.165, 1.54) is 4.88 Å². The van der Waals surface area contributed by atoms with Gasteiger partial charge in [0.15, 0.2) is 5.82 Å². The fourth-order valence-electron chi connectivity index (χ4n) is 2.19. The summed E-state index contributed by atoms with van der Waals surface area (Å²) in [6.07, 6.45) is 0. The lowest BCUT2D eigenvalue weighted by Crippen LogP contribution is -1.80. The molecule has 0 unspecified atom stereocenters. The van der Waals surface area contributed by atoms with Crippen molar-refractivity contribution in [2.45, 2.75) is 0 Å². The van der Waals surface area contributed by atoms with Crippen molar-refractivity contribution < 1.29 is 0 Å². The normalized spacial score (nSPS) is 11.2. The Balaban J connectivity index is 1.80. The first-order valence-electron chi connectivity index (χ1n) is 6.08. The first-order chi connectivity index (χ1) is 9.40. The smallest absolute Gasteiger partial charge is 0.154 e. The van der Waals surface area contributed by atoms with E-state index in [4.69, 9.17) is 0 Å². The van der Waals surface area contributed by atoms with Crippen LogP contribution in [0.3, 0.4) is 0 Å².